The maximum atomic E-state index is 4.05. The second-order valence-electron chi connectivity index (χ2n) is 2.39. The Balaban J connectivity index is 2.48. The van der Waals surface area contributed by atoms with Crippen LogP contribution in [-0.4, -0.2) is 9.97 Å². The molecule has 0 aliphatic rings. The van der Waals surface area contributed by atoms with Gasteiger partial charge in [0.15, 0.2) is 0 Å². The van der Waals surface area contributed by atoms with Crippen molar-refractivity contribution in [3.8, 4) is 0 Å². The molecule has 1 aromatic heterocycles. The molecule has 0 saturated carbocycles. The van der Waals surface area contributed by atoms with Crippen molar-refractivity contribution in [3.63, 3.8) is 0 Å². The van der Waals surface area contributed by atoms with Crippen molar-refractivity contribution in [1.82, 2.24) is 9.97 Å². The van der Waals surface area contributed by atoms with E-state index in [2.05, 4.69) is 30.2 Å². The van der Waals surface area contributed by atoms with Crippen LogP contribution in [0.1, 0.15) is 19.7 Å². The summed E-state index contributed by atoms with van der Waals surface area (Å²) < 4.78 is 0. The molecule has 0 saturated heterocycles. The van der Waals surface area contributed by atoms with E-state index in [0.29, 0.717) is 5.92 Å². The zero-order valence-corrected chi connectivity index (χ0v) is 5.76. The number of aromatic amines is 1. The normalized spacial score (nSPS) is 10.6. The van der Waals surface area contributed by atoms with Gasteiger partial charge in [-0.2, -0.15) is 0 Å². The van der Waals surface area contributed by atoms with E-state index in [9.17, 15) is 0 Å². The van der Waals surface area contributed by atoms with Gasteiger partial charge in [-0.25, -0.2) is 4.98 Å². The van der Waals surface area contributed by atoms with Crippen LogP contribution in [0.4, 0.5) is 0 Å². The monoisotopic (exact) mass is 123 g/mol. The van der Waals surface area contributed by atoms with Gasteiger partial charge in [0.2, 0.25) is 0 Å². The highest BCUT2D eigenvalue weighted by molar-refractivity contribution is 5.01. The van der Waals surface area contributed by atoms with E-state index in [1.165, 1.54) is 0 Å². The molecule has 1 aromatic rings. The smallest absolute Gasteiger partial charge is 0.110 e. The molecule has 9 heavy (non-hydrogen) atoms. The average Bonchev–Trinajstić information content (AvgIpc) is 2.15. The van der Waals surface area contributed by atoms with Gasteiger partial charge in [-0.3, -0.25) is 0 Å². The minimum absolute atomic E-state index is 0.566. The number of nitrogens with zero attached hydrogens (tertiary/aromatic N) is 1. The van der Waals surface area contributed by atoms with Crippen molar-refractivity contribution in [2.45, 2.75) is 13.8 Å². The highest BCUT2D eigenvalue weighted by Crippen LogP contribution is 2.03. The number of aromatic nitrogens is 2. The fourth-order valence-corrected chi connectivity index (χ4v) is 0.684. The van der Waals surface area contributed by atoms with Crippen LogP contribution in [0.25, 0.3) is 0 Å². The zero-order valence-electron chi connectivity index (χ0n) is 5.76. The number of rotatable bonds is 2. The molecule has 0 aromatic carbocycles. The first-order valence-corrected chi connectivity index (χ1v) is 3.13. The van der Waals surface area contributed by atoms with Crippen molar-refractivity contribution in [1.29, 1.82) is 0 Å². The number of hydrogen-bond acceptors (Lipinski definition) is 1. The summed E-state index contributed by atoms with van der Waals surface area (Å²) >= 11 is 0. The van der Waals surface area contributed by atoms with Crippen molar-refractivity contribution >= 4 is 0 Å². The number of imidazole rings is 1. The van der Waals surface area contributed by atoms with E-state index in [4.69, 9.17) is 0 Å². The maximum Gasteiger partial charge on any atom is 0.110 e. The van der Waals surface area contributed by atoms with E-state index < -0.39 is 0 Å². The Morgan fingerprint density at radius 2 is 2.44 bits per heavy atom. The fraction of sp³-hybridized carbons (Fsp3) is 0.429. The number of H-pyrrole nitrogens is 1. The highest BCUT2D eigenvalue weighted by atomic mass is 14.9. The Morgan fingerprint density at radius 3 is 2.89 bits per heavy atom. The first-order chi connectivity index (χ1) is 4.29. The molecule has 0 spiro atoms. The Bertz CT molecular complexity index is 153. The van der Waals surface area contributed by atoms with Crippen molar-refractivity contribution in [2.75, 3.05) is 0 Å². The fourth-order valence-electron chi connectivity index (χ4n) is 0.684. The van der Waals surface area contributed by atoms with Crippen LogP contribution in [-0.2, 0) is 0 Å². The third kappa shape index (κ3) is 1.88. The Hall–Kier alpha value is -0.790. The van der Waals surface area contributed by atoms with E-state index in [1.54, 1.807) is 6.20 Å². The summed E-state index contributed by atoms with van der Waals surface area (Å²) in [5.74, 6) is 1.53. The first kappa shape index (κ1) is 6.33. The van der Waals surface area contributed by atoms with Gasteiger partial charge in [0.1, 0.15) is 5.82 Å². The first-order valence-electron chi connectivity index (χ1n) is 3.13. The van der Waals surface area contributed by atoms with Crippen molar-refractivity contribution in [2.24, 2.45) is 5.92 Å². The minimum atomic E-state index is 0.566. The second-order valence-corrected chi connectivity index (χ2v) is 2.39. The lowest BCUT2D eigenvalue weighted by Gasteiger charge is -1.97. The van der Waals surface area contributed by atoms with E-state index in [-0.39, 0.29) is 0 Å². The van der Waals surface area contributed by atoms with E-state index in [1.807, 2.05) is 6.20 Å². The van der Waals surface area contributed by atoms with Crippen LogP contribution in [0, 0.1) is 12.3 Å². The van der Waals surface area contributed by atoms with Gasteiger partial charge in [-0.15, -0.1) is 0 Å². The number of nitrogens with one attached hydrogen (secondary N) is 1. The molecular formula is C7H11N2. The maximum absolute atomic E-state index is 4.05. The highest BCUT2D eigenvalue weighted by Gasteiger charge is 1.97. The van der Waals surface area contributed by atoms with Gasteiger partial charge in [-0.1, -0.05) is 13.8 Å². The second kappa shape index (κ2) is 2.67. The lowest BCUT2D eigenvalue weighted by Crippen LogP contribution is -1.91. The molecule has 0 amide bonds. The SMILES string of the molecule is CC(C)[CH]c1ncc[nH]1. The third-order valence-corrected chi connectivity index (χ3v) is 1.01. The molecule has 2 heteroatoms. The summed E-state index contributed by atoms with van der Waals surface area (Å²) in [4.78, 5) is 7.05. The zero-order chi connectivity index (χ0) is 6.69. The lowest BCUT2D eigenvalue weighted by molar-refractivity contribution is 0.759. The Morgan fingerprint density at radius 1 is 1.67 bits per heavy atom. The molecule has 0 fully saturated rings. The van der Waals surface area contributed by atoms with Gasteiger partial charge >= 0.3 is 0 Å². The topological polar surface area (TPSA) is 28.7 Å². The molecule has 0 bridgehead atoms. The average molecular weight is 123 g/mol. The van der Waals surface area contributed by atoms with Gasteiger partial charge in [0.25, 0.3) is 0 Å². The minimum Gasteiger partial charge on any atom is -0.348 e. The molecule has 0 unspecified atom stereocenters. The molecule has 49 valence electrons. The van der Waals surface area contributed by atoms with E-state index >= 15 is 0 Å². The molecular weight excluding hydrogens is 112 g/mol. The molecule has 0 aliphatic heterocycles. The molecule has 2 nitrogen and oxygen atoms in total. The van der Waals surface area contributed by atoms with Crippen molar-refractivity contribution < 1.29 is 0 Å². The molecule has 0 aliphatic carbocycles. The van der Waals surface area contributed by atoms with Gasteiger partial charge in [0.05, 0.1) is 0 Å². The standard InChI is InChI=1S/C7H11N2/c1-6(2)5-7-8-3-4-9-7/h3-6H,1-2H3,(H,8,9). The largest absolute Gasteiger partial charge is 0.348 e. The van der Waals surface area contributed by atoms with Crippen LogP contribution in [0.15, 0.2) is 12.4 Å². The summed E-state index contributed by atoms with van der Waals surface area (Å²) in [7, 11) is 0. The van der Waals surface area contributed by atoms with Crippen LogP contribution >= 0.6 is 0 Å². The Kier molecular flexibility index (Phi) is 1.88. The molecule has 1 rings (SSSR count). The van der Waals surface area contributed by atoms with Crippen molar-refractivity contribution in [3.05, 3.63) is 24.6 Å². The lowest BCUT2D eigenvalue weighted by atomic mass is 10.1. The summed E-state index contributed by atoms with van der Waals surface area (Å²) in [6, 6.07) is 0. The molecule has 1 radical (unpaired) electrons. The van der Waals surface area contributed by atoms with Crippen LogP contribution < -0.4 is 0 Å². The van der Waals surface area contributed by atoms with Gasteiger partial charge in [-0.05, 0) is 5.92 Å². The predicted molar refractivity (Wildman–Crippen MR) is 36.8 cm³/mol. The summed E-state index contributed by atoms with van der Waals surface area (Å²) in [6.07, 6.45) is 5.67. The number of hydrogen-bond donors (Lipinski definition) is 1. The quantitative estimate of drug-likeness (QED) is 0.636. The molecule has 1 N–H and O–H groups in total. The van der Waals surface area contributed by atoms with Gasteiger partial charge in [0, 0.05) is 18.8 Å². The predicted octanol–water partition coefficient (Wildman–Crippen LogP) is 1.62. The van der Waals surface area contributed by atoms with Crippen LogP contribution in [0.3, 0.4) is 0 Å². The van der Waals surface area contributed by atoms with Gasteiger partial charge < -0.3 is 4.98 Å². The summed E-state index contributed by atoms with van der Waals surface area (Å²) in [5.41, 5.74) is 0. The van der Waals surface area contributed by atoms with Crippen LogP contribution in [0.2, 0.25) is 0 Å². The molecule has 0 atom stereocenters. The van der Waals surface area contributed by atoms with Crippen LogP contribution in [0.5, 0.6) is 0 Å². The summed E-state index contributed by atoms with van der Waals surface area (Å²) in [6.45, 7) is 4.26. The summed E-state index contributed by atoms with van der Waals surface area (Å²) in [5, 5.41) is 0. The van der Waals surface area contributed by atoms with E-state index in [0.717, 1.165) is 5.82 Å². The third-order valence-electron chi connectivity index (χ3n) is 1.01. The molecule has 1 heterocycles. The Labute approximate surface area is 55.3 Å².